The van der Waals surface area contributed by atoms with E-state index in [9.17, 15) is 4.79 Å². The largest absolute Gasteiger partial charge is 0.395 e. The lowest BCUT2D eigenvalue weighted by Gasteiger charge is -2.06. The summed E-state index contributed by atoms with van der Waals surface area (Å²) in [6.07, 6.45) is 2.11. The molecule has 108 valence electrons. The van der Waals surface area contributed by atoms with E-state index in [1.165, 1.54) is 11.3 Å². The Balaban J connectivity index is 2.14. The van der Waals surface area contributed by atoms with E-state index < -0.39 is 0 Å². The van der Waals surface area contributed by atoms with Gasteiger partial charge in [-0.1, -0.05) is 17.9 Å². The molecule has 0 fully saturated rings. The molecule has 2 N–H and O–H groups in total. The maximum Gasteiger partial charge on any atom is 0.252 e. The van der Waals surface area contributed by atoms with Crippen LogP contribution in [0.1, 0.15) is 32.9 Å². The van der Waals surface area contributed by atoms with Gasteiger partial charge in [0.05, 0.1) is 18.7 Å². The lowest BCUT2D eigenvalue weighted by Crippen LogP contribution is -2.23. The zero-order chi connectivity index (χ0) is 15.1. The Morgan fingerprint density at radius 2 is 2.33 bits per heavy atom. The number of aliphatic hydroxyl groups is 1. The highest BCUT2D eigenvalue weighted by molar-refractivity contribution is 7.09. The lowest BCUT2D eigenvalue weighted by atomic mass is 10.0. The van der Waals surface area contributed by atoms with Crippen molar-refractivity contribution in [3.05, 3.63) is 51.5 Å². The number of thiazole rings is 1. The van der Waals surface area contributed by atoms with Gasteiger partial charge in [0.25, 0.3) is 5.91 Å². The zero-order valence-corrected chi connectivity index (χ0v) is 12.5. The second kappa shape index (κ2) is 7.58. The summed E-state index contributed by atoms with van der Waals surface area (Å²) in [7, 11) is 0. The first-order valence-electron chi connectivity index (χ1n) is 6.57. The van der Waals surface area contributed by atoms with E-state index in [4.69, 9.17) is 5.11 Å². The van der Waals surface area contributed by atoms with E-state index in [-0.39, 0.29) is 12.5 Å². The molecule has 1 aromatic carbocycles. The maximum absolute atomic E-state index is 12.3. The van der Waals surface area contributed by atoms with Crippen LogP contribution in [0.25, 0.3) is 0 Å². The van der Waals surface area contributed by atoms with Crippen LogP contribution in [0, 0.1) is 18.8 Å². The summed E-state index contributed by atoms with van der Waals surface area (Å²) in [6.45, 7) is 2.38. The van der Waals surface area contributed by atoms with E-state index in [0.717, 1.165) is 10.6 Å². The minimum atomic E-state index is -0.168. The molecular weight excluding hydrogens is 284 g/mol. The normalized spacial score (nSPS) is 9.81. The Kier molecular flexibility index (Phi) is 5.50. The third-order valence-electron chi connectivity index (χ3n) is 2.76. The van der Waals surface area contributed by atoms with Crippen LogP contribution in [0.3, 0.4) is 0 Å². The van der Waals surface area contributed by atoms with E-state index >= 15 is 0 Å². The molecule has 1 aromatic heterocycles. The molecule has 0 spiro atoms. The van der Waals surface area contributed by atoms with Crippen LogP contribution >= 0.6 is 11.3 Å². The molecule has 0 saturated carbocycles. The number of rotatable bonds is 4. The second-order valence-electron chi connectivity index (χ2n) is 4.43. The molecule has 4 nitrogen and oxygen atoms in total. The summed E-state index contributed by atoms with van der Waals surface area (Å²) < 4.78 is 0. The van der Waals surface area contributed by atoms with Crippen LogP contribution < -0.4 is 5.32 Å². The Hall–Kier alpha value is -2.16. The van der Waals surface area contributed by atoms with Crippen LogP contribution in [0.15, 0.2) is 29.8 Å². The predicted molar refractivity (Wildman–Crippen MR) is 83.0 cm³/mol. The number of hydrogen-bond donors (Lipinski definition) is 2. The Morgan fingerprint density at radius 3 is 3.05 bits per heavy atom. The number of benzene rings is 1. The number of aryl methyl sites for hydroxylation is 1. The van der Waals surface area contributed by atoms with Gasteiger partial charge in [0.15, 0.2) is 0 Å². The summed E-state index contributed by atoms with van der Waals surface area (Å²) in [4.78, 5) is 16.4. The van der Waals surface area contributed by atoms with E-state index in [0.29, 0.717) is 24.1 Å². The van der Waals surface area contributed by atoms with Crippen LogP contribution in [0.5, 0.6) is 0 Å². The molecule has 0 radical (unpaired) electrons. The van der Waals surface area contributed by atoms with Crippen molar-refractivity contribution < 1.29 is 9.90 Å². The van der Waals surface area contributed by atoms with Crippen molar-refractivity contribution in [2.24, 2.45) is 0 Å². The van der Waals surface area contributed by atoms with Crippen molar-refractivity contribution in [2.45, 2.75) is 19.9 Å². The van der Waals surface area contributed by atoms with Gasteiger partial charge in [0.2, 0.25) is 0 Å². The van der Waals surface area contributed by atoms with Crippen molar-refractivity contribution in [2.75, 3.05) is 6.61 Å². The SMILES string of the molecule is Cc1ccc(C(=O)NCc2nccs2)c(C#CCCO)c1. The van der Waals surface area contributed by atoms with Gasteiger partial charge >= 0.3 is 0 Å². The molecule has 0 aliphatic rings. The Labute approximate surface area is 127 Å². The molecule has 0 bridgehead atoms. The molecule has 0 unspecified atom stereocenters. The molecule has 0 atom stereocenters. The monoisotopic (exact) mass is 300 g/mol. The fraction of sp³-hybridized carbons (Fsp3) is 0.250. The molecule has 0 aliphatic heterocycles. The average molecular weight is 300 g/mol. The van der Waals surface area contributed by atoms with Crippen molar-refractivity contribution >= 4 is 17.2 Å². The highest BCUT2D eigenvalue weighted by Gasteiger charge is 2.10. The smallest absolute Gasteiger partial charge is 0.252 e. The number of aliphatic hydroxyl groups excluding tert-OH is 1. The number of nitrogens with zero attached hydrogens (tertiary/aromatic N) is 1. The minimum Gasteiger partial charge on any atom is -0.395 e. The zero-order valence-electron chi connectivity index (χ0n) is 11.7. The second-order valence-corrected chi connectivity index (χ2v) is 5.41. The summed E-state index contributed by atoms with van der Waals surface area (Å²) in [6, 6.07) is 5.54. The fourth-order valence-electron chi connectivity index (χ4n) is 1.76. The summed E-state index contributed by atoms with van der Waals surface area (Å²) in [5.74, 6) is 5.63. The summed E-state index contributed by atoms with van der Waals surface area (Å²) in [5, 5.41) is 14.4. The predicted octanol–water partition coefficient (Wildman–Crippen LogP) is 2.12. The number of nitrogens with one attached hydrogen (secondary N) is 1. The third-order valence-corrected chi connectivity index (χ3v) is 3.54. The lowest BCUT2D eigenvalue weighted by molar-refractivity contribution is 0.0950. The molecule has 1 amide bonds. The molecule has 0 aliphatic carbocycles. The number of carbonyl (C=O) groups excluding carboxylic acids is 1. The van der Waals surface area contributed by atoms with E-state index in [1.54, 1.807) is 12.3 Å². The third kappa shape index (κ3) is 4.42. The fourth-order valence-corrected chi connectivity index (χ4v) is 2.32. The van der Waals surface area contributed by atoms with Crippen LogP contribution in [0.4, 0.5) is 0 Å². The molecule has 5 heteroatoms. The van der Waals surface area contributed by atoms with Gasteiger partial charge in [-0.2, -0.15) is 0 Å². The minimum absolute atomic E-state index is 0.0182. The molecule has 1 heterocycles. The van der Waals surface area contributed by atoms with Gasteiger partial charge in [0, 0.05) is 23.6 Å². The van der Waals surface area contributed by atoms with Gasteiger partial charge in [-0.15, -0.1) is 11.3 Å². The maximum atomic E-state index is 12.3. The van der Waals surface area contributed by atoms with Crippen LogP contribution in [-0.4, -0.2) is 22.6 Å². The first-order chi connectivity index (χ1) is 10.2. The first-order valence-corrected chi connectivity index (χ1v) is 7.45. The Morgan fingerprint density at radius 1 is 1.48 bits per heavy atom. The average Bonchev–Trinajstić information content (AvgIpc) is 2.98. The molecule has 0 saturated heterocycles. The summed E-state index contributed by atoms with van der Waals surface area (Å²) >= 11 is 1.50. The van der Waals surface area contributed by atoms with Gasteiger partial charge in [-0.25, -0.2) is 4.98 Å². The standard InChI is InChI=1S/C16H16N2O2S/c1-12-5-6-14(13(10-12)4-2-3-8-19)16(20)18-11-15-17-7-9-21-15/h5-7,9-10,19H,3,8,11H2,1H3,(H,18,20). The number of amides is 1. The van der Waals surface area contributed by atoms with Gasteiger partial charge in [-0.3, -0.25) is 4.79 Å². The molecular formula is C16H16N2O2S. The van der Waals surface area contributed by atoms with Gasteiger partial charge < -0.3 is 10.4 Å². The highest BCUT2D eigenvalue weighted by Crippen LogP contribution is 2.11. The van der Waals surface area contributed by atoms with Crippen molar-refractivity contribution in [1.82, 2.24) is 10.3 Å². The highest BCUT2D eigenvalue weighted by atomic mass is 32.1. The molecule has 2 aromatic rings. The van der Waals surface area contributed by atoms with Gasteiger partial charge in [0.1, 0.15) is 5.01 Å². The van der Waals surface area contributed by atoms with Crippen molar-refractivity contribution in [1.29, 1.82) is 0 Å². The Bertz CT molecular complexity index is 669. The number of aromatic nitrogens is 1. The van der Waals surface area contributed by atoms with E-state index in [2.05, 4.69) is 22.1 Å². The van der Waals surface area contributed by atoms with E-state index in [1.807, 2.05) is 24.4 Å². The van der Waals surface area contributed by atoms with Crippen molar-refractivity contribution in [3.63, 3.8) is 0 Å². The first kappa shape index (κ1) is 15.2. The summed E-state index contributed by atoms with van der Waals surface area (Å²) in [5.41, 5.74) is 2.27. The van der Waals surface area contributed by atoms with Gasteiger partial charge in [-0.05, 0) is 24.6 Å². The van der Waals surface area contributed by atoms with Crippen LogP contribution in [-0.2, 0) is 6.54 Å². The number of carbonyl (C=O) groups is 1. The quantitative estimate of drug-likeness (QED) is 0.850. The topological polar surface area (TPSA) is 62.2 Å². The van der Waals surface area contributed by atoms with Crippen molar-refractivity contribution in [3.8, 4) is 11.8 Å². The number of hydrogen-bond acceptors (Lipinski definition) is 4. The molecule has 21 heavy (non-hydrogen) atoms. The van der Waals surface area contributed by atoms with Crippen LogP contribution in [0.2, 0.25) is 0 Å². The molecule has 2 rings (SSSR count).